The highest BCUT2D eigenvalue weighted by molar-refractivity contribution is 5.43. The molecule has 0 bridgehead atoms. The third kappa shape index (κ3) is 2.48. The fourth-order valence-electron chi connectivity index (χ4n) is 4.12. The lowest BCUT2D eigenvalue weighted by Gasteiger charge is -2.39. The van der Waals surface area contributed by atoms with Gasteiger partial charge in [-0.15, -0.1) is 0 Å². The molecule has 0 unspecified atom stereocenters. The predicted molar refractivity (Wildman–Crippen MR) is 88.6 cm³/mol. The second-order valence-corrected chi connectivity index (χ2v) is 6.84. The standard InChI is InChI=1S/C18H23N3O2/c1-12-5-4-8-17-19-14-9-10-20(11-13(14)18(23)21(12)17)15-6-2-3-7-16(15)22/h4-5,8,15-16,22H,2-3,6-7,9-11H2,1H3/t15-,16-/m0/s1. The summed E-state index contributed by atoms with van der Waals surface area (Å²) in [5, 5.41) is 10.3. The molecule has 2 aliphatic rings. The van der Waals surface area contributed by atoms with Crippen molar-refractivity contribution < 1.29 is 5.11 Å². The van der Waals surface area contributed by atoms with E-state index in [2.05, 4.69) is 4.90 Å². The molecule has 1 N–H and O–H groups in total. The Labute approximate surface area is 135 Å². The van der Waals surface area contributed by atoms with Crippen LogP contribution in [0.3, 0.4) is 0 Å². The van der Waals surface area contributed by atoms with Crippen molar-refractivity contribution in [1.29, 1.82) is 0 Å². The summed E-state index contributed by atoms with van der Waals surface area (Å²) in [4.78, 5) is 19.9. The molecule has 0 saturated heterocycles. The number of nitrogens with zero attached hydrogens (tertiary/aromatic N) is 3. The van der Waals surface area contributed by atoms with Crippen molar-refractivity contribution in [2.75, 3.05) is 6.54 Å². The van der Waals surface area contributed by atoms with E-state index in [0.717, 1.165) is 54.8 Å². The molecule has 3 heterocycles. The number of hydrogen-bond acceptors (Lipinski definition) is 4. The third-order valence-corrected chi connectivity index (χ3v) is 5.38. The lowest BCUT2D eigenvalue weighted by Crippen LogP contribution is -2.49. The molecule has 2 atom stereocenters. The third-order valence-electron chi connectivity index (χ3n) is 5.38. The van der Waals surface area contributed by atoms with Crippen molar-refractivity contribution in [1.82, 2.24) is 14.3 Å². The normalized spacial score (nSPS) is 25.5. The summed E-state index contributed by atoms with van der Waals surface area (Å²) in [6.45, 7) is 3.43. The highest BCUT2D eigenvalue weighted by atomic mass is 16.3. The number of aliphatic hydroxyl groups is 1. The maximum absolute atomic E-state index is 12.9. The first-order chi connectivity index (χ1) is 11.1. The zero-order chi connectivity index (χ0) is 16.0. The van der Waals surface area contributed by atoms with Crippen molar-refractivity contribution in [2.24, 2.45) is 0 Å². The maximum atomic E-state index is 12.9. The van der Waals surface area contributed by atoms with Gasteiger partial charge < -0.3 is 5.11 Å². The van der Waals surface area contributed by atoms with Crippen LogP contribution < -0.4 is 5.56 Å². The van der Waals surface area contributed by atoms with E-state index in [1.165, 1.54) is 6.42 Å². The highest BCUT2D eigenvalue weighted by Crippen LogP contribution is 2.27. The SMILES string of the molecule is Cc1cccc2nc3c(c(=O)n12)CN([C@H]1CCCC[C@@H]1O)CC3. The van der Waals surface area contributed by atoms with Crippen LogP contribution in [0.2, 0.25) is 0 Å². The molecule has 0 spiro atoms. The van der Waals surface area contributed by atoms with Crippen LogP contribution >= 0.6 is 0 Å². The average Bonchev–Trinajstić information content (AvgIpc) is 2.55. The van der Waals surface area contributed by atoms with Crippen molar-refractivity contribution >= 4 is 5.65 Å². The van der Waals surface area contributed by atoms with E-state index in [-0.39, 0.29) is 17.7 Å². The molecule has 5 heteroatoms. The molecule has 122 valence electrons. The molecule has 23 heavy (non-hydrogen) atoms. The Bertz CT molecular complexity index is 799. The lowest BCUT2D eigenvalue weighted by molar-refractivity contribution is 0.0126. The van der Waals surface area contributed by atoms with Crippen molar-refractivity contribution in [3.63, 3.8) is 0 Å². The molecular weight excluding hydrogens is 290 g/mol. The Morgan fingerprint density at radius 1 is 1.26 bits per heavy atom. The molecule has 0 aromatic carbocycles. The van der Waals surface area contributed by atoms with Gasteiger partial charge in [0.15, 0.2) is 0 Å². The lowest BCUT2D eigenvalue weighted by atomic mass is 9.90. The van der Waals surface area contributed by atoms with Gasteiger partial charge in [-0.2, -0.15) is 0 Å². The Morgan fingerprint density at radius 2 is 2.09 bits per heavy atom. The predicted octanol–water partition coefficient (Wildman–Crippen LogP) is 1.66. The van der Waals surface area contributed by atoms with Crippen LogP contribution in [0.15, 0.2) is 23.0 Å². The number of fused-ring (bicyclic) bond motifs is 2. The number of aryl methyl sites for hydroxylation is 1. The van der Waals surface area contributed by atoms with Crippen LogP contribution in [-0.4, -0.2) is 38.1 Å². The van der Waals surface area contributed by atoms with Gasteiger partial charge in [0, 0.05) is 31.2 Å². The largest absolute Gasteiger partial charge is 0.391 e. The first-order valence-electron chi connectivity index (χ1n) is 8.57. The average molecular weight is 313 g/mol. The number of hydrogen-bond donors (Lipinski definition) is 1. The van der Waals surface area contributed by atoms with Crippen LogP contribution in [0, 0.1) is 6.92 Å². The van der Waals surface area contributed by atoms with E-state index >= 15 is 0 Å². The van der Waals surface area contributed by atoms with E-state index in [1.807, 2.05) is 25.1 Å². The zero-order valence-corrected chi connectivity index (χ0v) is 13.5. The van der Waals surface area contributed by atoms with E-state index in [9.17, 15) is 9.90 Å². The number of aliphatic hydroxyl groups excluding tert-OH is 1. The Kier molecular flexibility index (Phi) is 3.70. The van der Waals surface area contributed by atoms with E-state index in [0.29, 0.717) is 6.54 Å². The number of aromatic nitrogens is 2. The molecule has 2 aromatic heterocycles. The fraction of sp³-hybridized carbons (Fsp3) is 0.556. The van der Waals surface area contributed by atoms with Crippen molar-refractivity contribution in [3.8, 4) is 0 Å². The minimum atomic E-state index is -0.261. The molecule has 1 fully saturated rings. The van der Waals surface area contributed by atoms with E-state index in [4.69, 9.17) is 4.98 Å². The molecular formula is C18H23N3O2. The maximum Gasteiger partial charge on any atom is 0.262 e. The van der Waals surface area contributed by atoms with Crippen LogP contribution in [0.1, 0.15) is 42.6 Å². The first-order valence-corrected chi connectivity index (χ1v) is 8.57. The summed E-state index contributed by atoms with van der Waals surface area (Å²) in [6.07, 6.45) is 4.70. The fourth-order valence-corrected chi connectivity index (χ4v) is 4.12. The van der Waals surface area contributed by atoms with Crippen molar-refractivity contribution in [2.45, 2.75) is 57.7 Å². The Hall–Kier alpha value is -1.72. The van der Waals surface area contributed by atoms with Gasteiger partial charge in [-0.05, 0) is 31.9 Å². The van der Waals surface area contributed by atoms with Crippen LogP contribution in [-0.2, 0) is 13.0 Å². The van der Waals surface area contributed by atoms with Crippen LogP contribution in [0.25, 0.3) is 5.65 Å². The number of pyridine rings is 1. The summed E-state index contributed by atoms with van der Waals surface area (Å²) in [5.74, 6) is 0. The van der Waals surface area contributed by atoms with Crippen LogP contribution in [0.4, 0.5) is 0 Å². The molecule has 4 rings (SSSR count). The second kappa shape index (κ2) is 5.73. The summed E-state index contributed by atoms with van der Waals surface area (Å²) < 4.78 is 1.71. The molecule has 1 aliphatic heterocycles. The van der Waals surface area contributed by atoms with Gasteiger partial charge in [-0.1, -0.05) is 18.9 Å². The van der Waals surface area contributed by atoms with Gasteiger partial charge in [0.1, 0.15) is 5.65 Å². The quantitative estimate of drug-likeness (QED) is 0.870. The molecule has 1 saturated carbocycles. The Morgan fingerprint density at radius 3 is 2.91 bits per heavy atom. The van der Waals surface area contributed by atoms with E-state index < -0.39 is 0 Å². The minimum absolute atomic E-state index is 0.0538. The highest BCUT2D eigenvalue weighted by Gasteiger charge is 2.32. The molecule has 5 nitrogen and oxygen atoms in total. The summed E-state index contributed by atoms with van der Waals surface area (Å²) in [5.41, 5.74) is 3.44. The van der Waals surface area contributed by atoms with Crippen LogP contribution in [0.5, 0.6) is 0 Å². The van der Waals surface area contributed by atoms with Gasteiger partial charge in [0.2, 0.25) is 0 Å². The van der Waals surface area contributed by atoms with Gasteiger partial charge in [0.25, 0.3) is 5.56 Å². The van der Waals surface area contributed by atoms with Gasteiger partial charge in [-0.25, -0.2) is 4.98 Å². The smallest absolute Gasteiger partial charge is 0.262 e. The molecule has 1 aliphatic carbocycles. The van der Waals surface area contributed by atoms with E-state index in [1.54, 1.807) is 4.40 Å². The summed E-state index contributed by atoms with van der Waals surface area (Å²) >= 11 is 0. The van der Waals surface area contributed by atoms with Gasteiger partial charge >= 0.3 is 0 Å². The summed E-state index contributed by atoms with van der Waals surface area (Å²) in [6, 6.07) is 5.96. The molecule has 0 amide bonds. The first kappa shape index (κ1) is 14.8. The Balaban J connectivity index is 1.74. The second-order valence-electron chi connectivity index (χ2n) is 6.84. The minimum Gasteiger partial charge on any atom is -0.391 e. The van der Waals surface area contributed by atoms with Crippen molar-refractivity contribution in [3.05, 3.63) is 45.5 Å². The van der Waals surface area contributed by atoms with Gasteiger partial charge in [-0.3, -0.25) is 14.1 Å². The number of rotatable bonds is 1. The monoisotopic (exact) mass is 313 g/mol. The molecule has 2 aromatic rings. The van der Waals surface area contributed by atoms with Gasteiger partial charge in [0.05, 0.1) is 17.4 Å². The summed E-state index contributed by atoms with van der Waals surface area (Å²) in [7, 11) is 0. The topological polar surface area (TPSA) is 57.8 Å². The zero-order valence-electron chi connectivity index (χ0n) is 13.5. The molecule has 0 radical (unpaired) electrons.